The molecule has 0 spiro atoms. The summed E-state index contributed by atoms with van der Waals surface area (Å²) in [6.07, 6.45) is 0.695. The van der Waals surface area contributed by atoms with Crippen LogP contribution in [0.3, 0.4) is 0 Å². The number of amides is 2. The van der Waals surface area contributed by atoms with Crippen LogP contribution in [0.15, 0.2) is 6.07 Å². The summed E-state index contributed by atoms with van der Waals surface area (Å²) in [5, 5.41) is 3.66. The highest BCUT2D eigenvalue weighted by molar-refractivity contribution is 7.21. The first-order chi connectivity index (χ1) is 13.9. The van der Waals surface area contributed by atoms with Crippen LogP contribution < -0.4 is 5.32 Å². The molecule has 2 aromatic heterocycles. The summed E-state index contributed by atoms with van der Waals surface area (Å²) in [4.78, 5) is 32.9. The van der Waals surface area contributed by atoms with Gasteiger partial charge in [-0.25, -0.2) is 14.6 Å². The van der Waals surface area contributed by atoms with E-state index in [0.29, 0.717) is 54.7 Å². The van der Waals surface area contributed by atoms with E-state index in [1.54, 1.807) is 11.8 Å². The van der Waals surface area contributed by atoms with Gasteiger partial charge < -0.3 is 24.4 Å². The first-order valence-corrected chi connectivity index (χ1v) is 10.6. The van der Waals surface area contributed by atoms with Crippen molar-refractivity contribution < 1.29 is 23.8 Å². The van der Waals surface area contributed by atoms with Crippen molar-refractivity contribution in [3.63, 3.8) is 0 Å². The lowest BCUT2D eigenvalue weighted by atomic mass is 9.95. The fourth-order valence-electron chi connectivity index (χ4n) is 3.52. The van der Waals surface area contributed by atoms with E-state index in [1.165, 1.54) is 11.3 Å². The molecule has 0 saturated carbocycles. The number of esters is 1. The quantitative estimate of drug-likeness (QED) is 0.769. The second-order valence-electron chi connectivity index (χ2n) is 7.73. The number of morpholine rings is 1. The Labute approximate surface area is 173 Å². The Hall–Kier alpha value is -2.23. The van der Waals surface area contributed by atoms with E-state index in [1.807, 2.05) is 19.9 Å². The number of aromatic nitrogens is 1. The molecule has 4 rings (SSSR count). The molecule has 0 atom stereocenters. The van der Waals surface area contributed by atoms with Gasteiger partial charge in [-0.1, -0.05) is 0 Å². The normalized spacial score (nSPS) is 18.4. The zero-order valence-corrected chi connectivity index (χ0v) is 17.7. The lowest BCUT2D eigenvalue weighted by Crippen LogP contribution is -2.43. The van der Waals surface area contributed by atoms with Crippen molar-refractivity contribution in [3.8, 4) is 0 Å². The summed E-state index contributed by atoms with van der Waals surface area (Å²) < 4.78 is 16.4. The number of hydrogen-bond acceptors (Lipinski definition) is 7. The van der Waals surface area contributed by atoms with Crippen LogP contribution in [0.1, 0.15) is 41.7 Å². The molecule has 2 aromatic rings. The van der Waals surface area contributed by atoms with Gasteiger partial charge in [0, 0.05) is 30.5 Å². The van der Waals surface area contributed by atoms with E-state index < -0.39 is 5.97 Å². The smallest absolute Gasteiger partial charge is 0.350 e. The fourth-order valence-corrected chi connectivity index (χ4v) is 4.55. The number of anilines is 1. The highest BCUT2D eigenvalue weighted by atomic mass is 32.1. The fraction of sp³-hybridized carbons (Fsp3) is 0.550. The van der Waals surface area contributed by atoms with Gasteiger partial charge in [0.25, 0.3) is 0 Å². The second-order valence-corrected chi connectivity index (χ2v) is 8.73. The number of nitrogens with zero attached hydrogens (tertiary/aromatic N) is 2. The topological polar surface area (TPSA) is 90.0 Å². The number of urea groups is 1. The number of nitrogens with one attached hydrogen (secondary N) is 1. The summed E-state index contributed by atoms with van der Waals surface area (Å²) in [6, 6.07) is 1.72. The summed E-state index contributed by atoms with van der Waals surface area (Å²) in [5.41, 5.74) is 2.13. The standard InChI is InChI=1S/C20H25N3O5S/c1-4-27-18(24)16-15(22-19(25)23-5-7-26-8-6-23)13-9-12-11-28-20(2,3)10-14(12)21-17(13)29-16/h9H,4-8,10-11H2,1-3H3,(H,22,25). The van der Waals surface area contributed by atoms with Crippen LogP contribution in [-0.4, -0.2) is 60.4 Å². The van der Waals surface area contributed by atoms with Crippen LogP contribution >= 0.6 is 11.3 Å². The molecule has 2 amide bonds. The number of fused-ring (bicyclic) bond motifs is 2. The van der Waals surface area contributed by atoms with E-state index in [0.717, 1.165) is 16.6 Å². The SMILES string of the molecule is CCOC(=O)c1sc2nc3c(cc2c1NC(=O)N1CCOCC1)COC(C)(C)C3. The third kappa shape index (κ3) is 4.08. The zero-order chi connectivity index (χ0) is 20.6. The molecular weight excluding hydrogens is 394 g/mol. The largest absolute Gasteiger partial charge is 0.462 e. The van der Waals surface area contributed by atoms with Gasteiger partial charge in [-0.05, 0) is 26.8 Å². The maximum Gasteiger partial charge on any atom is 0.350 e. The molecule has 0 aliphatic carbocycles. The third-order valence-corrected chi connectivity index (χ3v) is 6.13. The minimum absolute atomic E-state index is 0.256. The molecule has 2 aliphatic rings. The Morgan fingerprint density at radius 3 is 2.83 bits per heavy atom. The van der Waals surface area contributed by atoms with Crippen LogP contribution in [0.2, 0.25) is 0 Å². The van der Waals surface area contributed by atoms with Gasteiger partial charge >= 0.3 is 12.0 Å². The van der Waals surface area contributed by atoms with Crippen LogP contribution in [-0.2, 0) is 27.2 Å². The van der Waals surface area contributed by atoms with Gasteiger partial charge in [-0.2, -0.15) is 0 Å². The predicted molar refractivity (Wildman–Crippen MR) is 110 cm³/mol. The Kier molecular flexibility index (Phi) is 5.46. The Balaban J connectivity index is 1.74. The molecule has 2 aliphatic heterocycles. The van der Waals surface area contributed by atoms with Crippen LogP contribution in [0.5, 0.6) is 0 Å². The van der Waals surface area contributed by atoms with Crippen molar-refractivity contribution in [2.24, 2.45) is 0 Å². The summed E-state index contributed by atoms with van der Waals surface area (Å²) in [6.45, 7) is 8.58. The maximum atomic E-state index is 12.8. The Bertz CT molecular complexity index is 949. The second kappa shape index (κ2) is 7.89. The van der Waals surface area contributed by atoms with Crippen molar-refractivity contribution in [1.29, 1.82) is 0 Å². The number of pyridine rings is 1. The van der Waals surface area contributed by atoms with Gasteiger partial charge in [-0.15, -0.1) is 11.3 Å². The van der Waals surface area contributed by atoms with Crippen LogP contribution in [0, 0.1) is 0 Å². The van der Waals surface area contributed by atoms with Crippen LogP contribution in [0.4, 0.5) is 10.5 Å². The lowest BCUT2D eigenvalue weighted by molar-refractivity contribution is -0.0411. The molecule has 0 bridgehead atoms. The molecule has 0 unspecified atom stereocenters. The molecule has 29 heavy (non-hydrogen) atoms. The predicted octanol–water partition coefficient (Wildman–Crippen LogP) is 3.19. The number of carbonyl (C=O) groups is 2. The Morgan fingerprint density at radius 1 is 1.34 bits per heavy atom. The molecule has 1 saturated heterocycles. The van der Waals surface area contributed by atoms with Gasteiger partial charge in [-0.3, -0.25) is 0 Å². The van der Waals surface area contributed by atoms with Crippen LogP contribution in [0.25, 0.3) is 10.2 Å². The first kappa shape index (κ1) is 20.1. The minimum Gasteiger partial charge on any atom is -0.462 e. The van der Waals surface area contributed by atoms with E-state index in [-0.39, 0.29) is 18.2 Å². The highest BCUT2D eigenvalue weighted by Crippen LogP contribution is 2.39. The minimum atomic E-state index is -0.456. The van der Waals surface area contributed by atoms with Gasteiger partial charge in [0.05, 0.1) is 43.4 Å². The lowest BCUT2D eigenvalue weighted by Gasteiger charge is -2.31. The van der Waals surface area contributed by atoms with Crippen molar-refractivity contribution in [1.82, 2.24) is 9.88 Å². The average molecular weight is 420 g/mol. The third-order valence-electron chi connectivity index (χ3n) is 5.05. The average Bonchev–Trinajstić information content (AvgIpc) is 3.04. The molecule has 0 radical (unpaired) electrons. The molecule has 8 nitrogen and oxygen atoms in total. The van der Waals surface area contributed by atoms with Crippen molar-refractivity contribution in [2.75, 3.05) is 38.2 Å². The molecule has 156 valence electrons. The first-order valence-electron chi connectivity index (χ1n) is 9.78. The van der Waals surface area contributed by atoms with E-state index in [9.17, 15) is 9.59 Å². The monoisotopic (exact) mass is 419 g/mol. The van der Waals surface area contributed by atoms with E-state index in [4.69, 9.17) is 19.2 Å². The zero-order valence-electron chi connectivity index (χ0n) is 16.9. The van der Waals surface area contributed by atoms with E-state index in [2.05, 4.69) is 5.32 Å². The number of carbonyl (C=O) groups excluding carboxylic acids is 2. The summed E-state index contributed by atoms with van der Waals surface area (Å²) in [5.74, 6) is -0.456. The number of rotatable bonds is 3. The van der Waals surface area contributed by atoms with Crippen molar-refractivity contribution >= 4 is 39.2 Å². The Morgan fingerprint density at radius 2 is 2.10 bits per heavy atom. The molecule has 1 N–H and O–H groups in total. The molecular formula is C20H25N3O5S. The molecule has 9 heteroatoms. The number of hydrogen-bond donors (Lipinski definition) is 1. The molecule has 0 aromatic carbocycles. The number of ether oxygens (including phenoxy) is 3. The van der Waals surface area contributed by atoms with Gasteiger partial charge in [0.2, 0.25) is 0 Å². The number of thiophene rings is 1. The summed E-state index contributed by atoms with van der Waals surface area (Å²) >= 11 is 1.25. The summed E-state index contributed by atoms with van der Waals surface area (Å²) in [7, 11) is 0. The van der Waals surface area contributed by atoms with Gasteiger partial charge in [0.1, 0.15) is 9.71 Å². The maximum absolute atomic E-state index is 12.8. The van der Waals surface area contributed by atoms with Crippen molar-refractivity contribution in [2.45, 2.75) is 39.4 Å². The van der Waals surface area contributed by atoms with Crippen molar-refractivity contribution in [3.05, 3.63) is 22.2 Å². The van der Waals surface area contributed by atoms with E-state index >= 15 is 0 Å². The highest BCUT2D eigenvalue weighted by Gasteiger charge is 2.30. The molecule has 4 heterocycles. The molecule has 1 fully saturated rings. The van der Waals surface area contributed by atoms with Gasteiger partial charge in [0.15, 0.2) is 0 Å².